The highest BCUT2D eigenvalue weighted by atomic mass is 35.5. The molecule has 0 aliphatic rings. The van der Waals surface area contributed by atoms with Crippen LogP contribution in [0, 0.1) is 5.82 Å². The summed E-state index contributed by atoms with van der Waals surface area (Å²) in [6.07, 6.45) is 0.305. The van der Waals surface area contributed by atoms with Gasteiger partial charge in [0.05, 0.1) is 6.42 Å². The van der Waals surface area contributed by atoms with Gasteiger partial charge >= 0.3 is 0 Å². The molecule has 0 saturated carbocycles. The lowest BCUT2D eigenvalue weighted by Gasteiger charge is -2.25. The zero-order valence-electron chi connectivity index (χ0n) is 13.3. The third kappa shape index (κ3) is 5.57. The number of benzene rings is 2. The van der Waals surface area contributed by atoms with Crippen LogP contribution in [-0.4, -0.2) is 12.5 Å². The molecule has 1 amide bonds. The van der Waals surface area contributed by atoms with Crippen LogP contribution in [0.15, 0.2) is 48.5 Å². The Balaban J connectivity index is 0.00000264. The lowest BCUT2D eigenvalue weighted by atomic mass is 9.84. The van der Waals surface area contributed by atoms with E-state index >= 15 is 0 Å². The zero-order valence-corrected chi connectivity index (χ0v) is 14.1. The monoisotopic (exact) mass is 336 g/mol. The van der Waals surface area contributed by atoms with E-state index < -0.39 is 0 Å². The normalized spacial score (nSPS) is 10.7. The summed E-state index contributed by atoms with van der Waals surface area (Å²) in [5.74, 6) is -0.326. The van der Waals surface area contributed by atoms with Crippen LogP contribution in [-0.2, 0) is 16.6 Å². The molecule has 5 heteroatoms. The SMILES string of the molecule is CC(C)(CNC(=O)Cc1ccc(N)cc1)c1cccc(F)c1.Cl. The van der Waals surface area contributed by atoms with Gasteiger partial charge in [-0.3, -0.25) is 4.79 Å². The highest BCUT2D eigenvalue weighted by Gasteiger charge is 2.21. The van der Waals surface area contributed by atoms with Crippen molar-refractivity contribution in [3.05, 3.63) is 65.5 Å². The van der Waals surface area contributed by atoms with Crippen LogP contribution >= 0.6 is 12.4 Å². The smallest absolute Gasteiger partial charge is 0.224 e. The molecule has 0 atom stereocenters. The van der Waals surface area contributed by atoms with Crippen molar-refractivity contribution in [2.45, 2.75) is 25.7 Å². The average molecular weight is 337 g/mol. The molecule has 0 aliphatic carbocycles. The molecule has 0 unspecified atom stereocenters. The quantitative estimate of drug-likeness (QED) is 0.821. The number of rotatable bonds is 5. The lowest BCUT2D eigenvalue weighted by molar-refractivity contribution is -0.120. The minimum Gasteiger partial charge on any atom is -0.399 e. The summed E-state index contributed by atoms with van der Waals surface area (Å²) in [4.78, 5) is 12.0. The molecule has 2 rings (SSSR count). The van der Waals surface area contributed by atoms with Gasteiger partial charge in [0.1, 0.15) is 5.82 Å². The van der Waals surface area contributed by atoms with E-state index in [1.54, 1.807) is 18.2 Å². The second-order valence-electron chi connectivity index (χ2n) is 6.09. The van der Waals surface area contributed by atoms with Gasteiger partial charge in [0.15, 0.2) is 0 Å². The molecule has 23 heavy (non-hydrogen) atoms. The first kappa shape index (κ1) is 19.0. The number of nitrogens with one attached hydrogen (secondary N) is 1. The van der Waals surface area contributed by atoms with Crippen LogP contribution in [0.1, 0.15) is 25.0 Å². The van der Waals surface area contributed by atoms with Gasteiger partial charge in [-0.05, 0) is 35.4 Å². The lowest BCUT2D eigenvalue weighted by Crippen LogP contribution is -2.37. The number of hydrogen-bond donors (Lipinski definition) is 2. The van der Waals surface area contributed by atoms with Gasteiger partial charge in [0.2, 0.25) is 5.91 Å². The Bertz CT molecular complexity index is 656. The Labute approximate surface area is 142 Å². The summed E-state index contributed by atoms with van der Waals surface area (Å²) in [6, 6.07) is 13.7. The summed E-state index contributed by atoms with van der Waals surface area (Å²) in [6.45, 7) is 4.40. The van der Waals surface area contributed by atoms with Crippen LogP contribution in [0.4, 0.5) is 10.1 Å². The number of amides is 1. The molecule has 2 aromatic rings. The third-order valence-corrected chi connectivity index (χ3v) is 3.68. The van der Waals surface area contributed by atoms with E-state index in [-0.39, 0.29) is 29.5 Å². The summed E-state index contributed by atoms with van der Waals surface area (Å²) in [7, 11) is 0. The molecule has 2 aromatic carbocycles. The van der Waals surface area contributed by atoms with Gasteiger partial charge in [-0.2, -0.15) is 0 Å². The fourth-order valence-corrected chi connectivity index (χ4v) is 2.21. The van der Waals surface area contributed by atoms with Gasteiger partial charge in [-0.15, -0.1) is 12.4 Å². The molecule has 0 radical (unpaired) electrons. The van der Waals surface area contributed by atoms with Gasteiger partial charge < -0.3 is 11.1 Å². The van der Waals surface area contributed by atoms with Crippen molar-refractivity contribution < 1.29 is 9.18 Å². The van der Waals surface area contributed by atoms with Crippen LogP contribution in [0.25, 0.3) is 0 Å². The molecule has 0 spiro atoms. The molecule has 0 aliphatic heterocycles. The van der Waals surface area contributed by atoms with Crippen LogP contribution in [0.2, 0.25) is 0 Å². The van der Waals surface area contributed by atoms with Crippen molar-refractivity contribution in [1.29, 1.82) is 0 Å². The van der Waals surface area contributed by atoms with E-state index in [0.717, 1.165) is 11.1 Å². The molecule has 0 fully saturated rings. The number of anilines is 1. The first-order chi connectivity index (χ1) is 10.4. The summed E-state index contributed by atoms with van der Waals surface area (Å²) >= 11 is 0. The maximum Gasteiger partial charge on any atom is 0.224 e. The van der Waals surface area contributed by atoms with Crippen molar-refractivity contribution in [2.24, 2.45) is 0 Å². The molecular weight excluding hydrogens is 315 g/mol. The summed E-state index contributed by atoms with van der Waals surface area (Å²) < 4.78 is 13.3. The topological polar surface area (TPSA) is 55.1 Å². The number of carbonyl (C=O) groups is 1. The Morgan fingerprint density at radius 3 is 2.43 bits per heavy atom. The molecule has 0 heterocycles. The molecule has 0 saturated heterocycles. The minimum atomic E-state index is -0.334. The number of halogens is 2. The third-order valence-electron chi connectivity index (χ3n) is 3.68. The average Bonchev–Trinajstić information content (AvgIpc) is 2.48. The molecule has 3 N–H and O–H groups in total. The zero-order chi connectivity index (χ0) is 16.2. The largest absolute Gasteiger partial charge is 0.399 e. The van der Waals surface area contributed by atoms with E-state index in [0.29, 0.717) is 18.7 Å². The van der Waals surface area contributed by atoms with Crippen molar-refractivity contribution in [3.63, 3.8) is 0 Å². The number of hydrogen-bond acceptors (Lipinski definition) is 2. The maximum atomic E-state index is 13.3. The first-order valence-electron chi connectivity index (χ1n) is 7.24. The second-order valence-corrected chi connectivity index (χ2v) is 6.09. The predicted molar refractivity (Wildman–Crippen MR) is 94.2 cm³/mol. The molecular formula is C18H22ClFN2O. The summed E-state index contributed by atoms with van der Waals surface area (Å²) in [5.41, 5.74) is 7.74. The summed E-state index contributed by atoms with van der Waals surface area (Å²) in [5, 5.41) is 2.91. The van der Waals surface area contributed by atoms with E-state index in [2.05, 4.69) is 5.32 Å². The molecule has 0 aromatic heterocycles. The fraction of sp³-hybridized carbons (Fsp3) is 0.278. The highest BCUT2D eigenvalue weighted by Crippen LogP contribution is 2.22. The molecule has 0 bridgehead atoms. The van der Waals surface area contributed by atoms with Crippen molar-refractivity contribution in [1.82, 2.24) is 5.32 Å². The predicted octanol–water partition coefficient (Wildman–Crippen LogP) is 3.47. The van der Waals surface area contributed by atoms with E-state index in [1.165, 1.54) is 12.1 Å². The van der Waals surface area contributed by atoms with Crippen LogP contribution < -0.4 is 11.1 Å². The first-order valence-corrected chi connectivity index (χ1v) is 7.24. The number of carbonyl (C=O) groups excluding carboxylic acids is 1. The van der Waals surface area contributed by atoms with E-state index in [9.17, 15) is 9.18 Å². The van der Waals surface area contributed by atoms with E-state index in [4.69, 9.17) is 5.73 Å². The minimum absolute atomic E-state index is 0. The van der Waals surface area contributed by atoms with Gasteiger partial charge in [-0.1, -0.05) is 38.1 Å². The molecule has 124 valence electrons. The van der Waals surface area contributed by atoms with Gasteiger partial charge in [-0.25, -0.2) is 4.39 Å². The van der Waals surface area contributed by atoms with E-state index in [1.807, 2.05) is 32.0 Å². The van der Waals surface area contributed by atoms with Crippen molar-refractivity contribution in [2.75, 3.05) is 12.3 Å². The van der Waals surface area contributed by atoms with Crippen LogP contribution in [0.5, 0.6) is 0 Å². The Morgan fingerprint density at radius 1 is 1.17 bits per heavy atom. The number of nitrogen functional groups attached to an aromatic ring is 1. The molecule has 3 nitrogen and oxygen atoms in total. The van der Waals surface area contributed by atoms with Crippen LogP contribution in [0.3, 0.4) is 0 Å². The number of nitrogens with two attached hydrogens (primary N) is 1. The standard InChI is InChI=1S/C18H21FN2O.ClH/c1-18(2,14-4-3-5-15(19)11-14)12-21-17(22)10-13-6-8-16(20)9-7-13;/h3-9,11H,10,12,20H2,1-2H3,(H,21,22);1H. The maximum absolute atomic E-state index is 13.3. The van der Waals surface area contributed by atoms with Gasteiger partial charge in [0, 0.05) is 17.6 Å². The van der Waals surface area contributed by atoms with Gasteiger partial charge in [0.25, 0.3) is 0 Å². The Kier molecular flexibility index (Phi) is 6.58. The highest BCUT2D eigenvalue weighted by molar-refractivity contribution is 5.85. The fourth-order valence-electron chi connectivity index (χ4n) is 2.21. The van der Waals surface area contributed by atoms with Crippen molar-refractivity contribution in [3.8, 4) is 0 Å². The Morgan fingerprint density at radius 2 is 1.83 bits per heavy atom. The van der Waals surface area contributed by atoms with Crippen molar-refractivity contribution >= 4 is 24.0 Å². The Hall–Kier alpha value is -2.07. The second kappa shape index (κ2) is 7.97.